The van der Waals surface area contributed by atoms with Crippen LogP contribution in [0.1, 0.15) is 23.7 Å². The largest absolute Gasteiger partial charge is 0.493 e. The quantitative estimate of drug-likeness (QED) is 0.599. The van der Waals surface area contributed by atoms with E-state index in [9.17, 15) is 14.4 Å². The van der Waals surface area contributed by atoms with Crippen molar-refractivity contribution < 1.29 is 33.3 Å². The Morgan fingerprint density at radius 2 is 1.70 bits per heavy atom. The van der Waals surface area contributed by atoms with E-state index in [2.05, 4.69) is 5.32 Å². The number of carbonyl (C=O) groups is 3. The molecule has 0 heterocycles. The molecule has 0 aliphatic carbocycles. The van der Waals surface area contributed by atoms with Gasteiger partial charge in [0.1, 0.15) is 5.56 Å². The van der Waals surface area contributed by atoms with E-state index in [0.717, 1.165) is 6.42 Å². The van der Waals surface area contributed by atoms with Crippen molar-refractivity contribution in [3.05, 3.63) is 17.7 Å². The van der Waals surface area contributed by atoms with Gasteiger partial charge in [0, 0.05) is 13.6 Å². The van der Waals surface area contributed by atoms with Crippen molar-refractivity contribution >= 4 is 17.8 Å². The van der Waals surface area contributed by atoms with Gasteiger partial charge in [-0.2, -0.15) is 0 Å². The molecule has 0 spiro atoms. The van der Waals surface area contributed by atoms with Gasteiger partial charge in [0.25, 0.3) is 5.91 Å². The summed E-state index contributed by atoms with van der Waals surface area (Å²) in [6.45, 7) is 1.84. The number of likely N-dealkylation sites (N-methyl/N-ethyl adjacent to an activating group) is 1. The zero-order valence-corrected chi connectivity index (χ0v) is 16.3. The van der Waals surface area contributed by atoms with E-state index in [1.54, 1.807) is 0 Å². The van der Waals surface area contributed by atoms with E-state index < -0.39 is 18.5 Å². The van der Waals surface area contributed by atoms with Gasteiger partial charge >= 0.3 is 5.97 Å². The van der Waals surface area contributed by atoms with Gasteiger partial charge in [0.15, 0.2) is 18.1 Å². The second kappa shape index (κ2) is 10.9. The van der Waals surface area contributed by atoms with Crippen LogP contribution in [-0.4, -0.2) is 70.8 Å². The predicted molar refractivity (Wildman–Crippen MR) is 97.3 cm³/mol. The van der Waals surface area contributed by atoms with Crippen molar-refractivity contribution in [1.82, 2.24) is 10.2 Å². The summed E-state index contributed by atoms with van der Waals surface area (Å²) in [5.74, 6) is -0.771. The number of esters is 1. The summed E-state index contributed by atoms with van der Waals surface area (Å²) in [5.41, 5.74) is 0.0892. The van der Waals surface area contributed by atoms with Gasteiger partial charge in [0.2, 0.25) is 11.7 Å². The lowest BCUT2D eigenvalue weighted by atomic mass is 10.1. The van der Waals surface area contributed by atoms with E-state index in [0.29, 0.717) is 12.3 Å². The first-order valence-corrected chi connectivity index (χ1v) is 8.36. The smallest absolute Gasteiger partial charge is 0.342 e. The third kappa shape index (κ3) is 6.05. The lowest BCUT2D eigenvalue weighted by Gasteiger charge is -2.17. The van der Waals surface area contributed by atoms with Crippen LogP contribution < -0.4 is 19.5 Å². The van der Waals surface area contributed by atoms with Crippen LogP contribution in [0, 0.1) is 0 Å². The number of amides is 2. The van der Waals surface area contributed by atoms with E-state index in [-0.39, 0.29) is 29.5 Å². The number of nitrogens with zero attached hydrogens (tertiary/aromatic N) is 1. The van der Waals surface area contributed by atoms with E-state index in [1.807, 2.05) is 6.92 Å². The van der Waals surface area contributed by atoms with Crippen LogP contribution in [0.25, 0.3) is 0 Å². The Labute approximate surface area is 158 Å². The zero-order valence-electron chi connectivity index (χ0n) is 16.3. The maximum Gasteiger partial charge on any atom is 0.342 e. The van der Waals surface area contributed by atoms with Crippen LogP contribution in [0.3, 0.4) is 0 Å². The van der Waals surface area contributed by atoms with Crippen molar-refractivity contribution in [3.8, 4) is 17.2 Å². The SMILES string of the molecule is CCCNC(=O)CN(C)C(=O)COC(=O)c1ccc(OC)c(OC)c1OC. The van der Waals surface area contributed by atoms with Gasteiger partial charge < -0.3 is 29.2 Å². The lowest BCUT2D eigenvalue weighted by Crippen LogP contribution is -2.40. The van der Waals surface area contributed by atoms with E-state index in [1.165, 1.54) is 45.4 Å². The Balaban J connectivity index is 2.74. The Kier molecular flexibility index (Phi) is 8.91. The molecule has 9 heteroatoms. The standard InChI is InChI=1S/C18H26N2O7/c1-6-9-19-14(21)10-20(2)15(22)11-27-18(23)12-7-8-13(24-3)17(26-5)16(12)25-4/h7-8H,6,9-11H2,1-5H3,(H,19,21). The second-order valence-electron chi connectivity index (χ2n) is 5.56. The van der Waals surface area contributed by atoms with Crippen LogP contribution in [0.5, 0.6) is 17.2 Å². The molecule has 0 aromatic heterocycles. The summed E-state index contributed by atoms with van der Waals surface area (Å²) in [6, 6.07) is 2.98. The zero-order chi connectivity index (χ0) is 20.4. The highest BCUT2D eigenvalue weighted by atomic mass is 16.5. The van der Waals surface area contributed by atoms with Gasteiger partial charge in [-0.05, 0) is 18.6 Å². The molecular formula is C18H26N2O7. The first-order chi connectivity index (χ1) is 12.9. The van der Waals surface area contributed by atoms with E-state index >= 15 is 0 Å². The van der Waals surface area contributed by atoms with Gasteiger partial charge in [-0.15, -0.1) is 0 Å². The number of nitrogens with one attached hydrogen (secondary N) is 1. The van der Waals surface area contributed by atoms with Crippen molar-refractivity contribution in [3.63, 3.8) is 0 Å². The normalized spacial score (nSPS) is 9.96. The summed E-state index contributed by atoms with van der Waals surface area (Å²) in [4.78, 5) is 37.2. The monoisotopic (exact) mass is 382 g/mol. The molecule has 0 bridgehead atoms. The van der Waals surface area contributed by atoms with Crippen LogP contribution >= 0.6 is 0 Å². The maximum absolute atomic E-state index is 12.3. The number of carbonyl (C=O) groups excluding carboxylic acids is 3. The topological polar surface area (TPSA) is 103 Å². The molecule has 150 valence electrons. The average Bonchev–Trinajstić information content (AvgIpc) is 2.68. The van der Waals surface area contributed by atoms with Crippen molar-refractivity contribution in [2.24, 2.45) is 0 Å². The first kappa shape index (κ1) is 22.1. The average molecular weight is 382 g/mol. The Morgan fingerprint density at radius 3 is 2.26 bits per heavy atom. The Morgan fingerprint density at radius 1 is 1.04 bits per heavy atom. The van der Waals surface area contributed by atoms with Crippen LogP contribution in [0.2, 0.25) is 0 Å². The highest BCUT2D eigenvalue weighted by molar-refractivity contribution is 5.95. The van der Waals surface area contributed by atoms with Crippen molar-refractivity contribution in [1.29, 1.82) is 0 Å². The van der Waals surface area contributed by atoms with E-state index in [4.69, 9.17) is 18.9 Å². The number of hydrogen-bond acceptors (Lipinski definition) is 7. The minimum absolute atomic E-state index is 0.0892. The summed E-state index contributed by atoms with van der Waals surface area (Å²) in [7, 11) is 5.71. The molecule has 0 fully saturated rings. The third-order valence-corrected chi connectivity index (χ3v) is 3.63. The molecule has 9 nitrogen and oxygen atoms in total. The molecule has 1 N–H and O–H groups in total. The molecule has 1 aromatic rings. The molecule has 0 radical (unpaired) electrons. The first-order valence-electron chi connectivity index (χ1n) is 8.36. The number of methoxy groups -OCH3 is 3. The van der Waals surface area contributed by atoms with Crippen LogP contribution in [0.4, 0.5) is 0 Å². The van der Waals surface area contributed by atoms with Crippen LogP contribution in [0.15, 0.2) is 12.1 Å². The molecule has 0 aliphatic rings. The predicted octanol–water partition coefficient (Wildman–Crippen LogP) is 0.854. The fraction of sp³-hybridized carbons (Fsp3) is 0.500. The summed E-state index contributed by atoms with van der Waals surface area (Å²) in [6.07, 6.45) is 0.800. The molecule has 0 unspecified atom stereocenters. The second-order valence-corrected chi connectivity index (χ2v) is 5.56. The van der Waals surface area contributed by atoms with Gasteiger partial charge in [-0.1, -0.05) is 6.92 Å². The third-order valence-electron chi connectivity index (χ3n) is 3.63. The molecule has 27 heavy (non-hydrogen) atoms. The molecule has 0 aliphatic heterocycles. The highest BCUT2D eigenvalue weighted by Crippen LogP contribution is 2.39. The Hall–Kier alpha value is -2.97. The Bertz CT molecular complexity index is 676. The molecule has 1 rings (SSSR count). The molecule has 0 saturated heterocycles. The summed E-state index contributed by atoms with van der Waals surface area (Å²) < 4.78 is 20.6. The lowest BCUT2D eigenvalue weighted by molar-refractivity contribution is -0.137. The number of rotatable bonds is 10. The molecule has 2 amide bonds. The van der Waals surface area contributed by atoms with Gasteiger partial charge in [-0.3, -0.25) is 9.59 Å². The van der Waals surface area contributed by atoms with Crippen molar-refractivity contribution in [2.45, 2.75) is 13.3 Å². The van der Waals surface area contributed by atoms with Crippen LogP contribution in [-0.2, 0) is 14.3 Å². The van der Waals surface area contributed by atoms with Gasteiger partial charge in [-0.25, -0.2) is 4.79 Å². The fourth-order valence-corrected chi connectivity index (χ4v) is 2.20. The number of benzene rings is 1. The minimum atomic E-state index is -0.759. The highest BCUT2D eigenvalue weighted by Gasteiger charge is 2.23. The molecular weight excluding hydrogens is 356 g/mol. The molecule has 0 saturated carbocycles. The van der Waals surface area contributed by atoms with Crippen molar-refractivity contribution in [2.75, 3.05) is 48.1 Å². The fourth-order valence-electron chi connectivity index (χ4n) is 2.20. The maximum atomic E-state index is 12.3. The summed E-state index contributed by atoms with van der Waals surface area (Å²) in [5, 5.41) is 2.66. The molecule has 1 aromatic carbocycles. The van der Waals surface area contributed by atoms with Gasteiger partial charge in [0.05, 0.1) is 27.9 Å². The minimum Gasteiger partial charge on any atom is -0.493 e. The molecule has 0 atom stereocenters. The number of hydrogen-bond donors (Lipinski definition) is 1. The summed E-state index contributed by atoms with van der Waals surface area (Å²) >= 11 is 0. The number of ether oxygens (including phenoxy) is 4.